The summed E-state index contributed by atoms with van der Waals surface area (Å²) in [4.78, 5) is 13.2. The third-order valence-corrected chi connectivity index (χ3v) is 7.22. The van der Waals surface area contributed by atoms with E-state index < -0.39 is 0 Å². The van der Waals surface area contributed by atoms with Crippen molar-refractivity contribution in [2.24, 2.45) is 0 Å². The van der Waals surface area contributed by atoms with E-state index in [0.29, 0.717) is 12.1 Å². The van der Waals surface area contributed by atoms with Gasteiger partial charge in [-0.2, -0.15) is 0 Å². The van der Waals surface area contributed by atoms with Crippen LogP contribution in [0.1, 0.15) is 33.9 Å². The number of fused-ring (bicyclic) bond motifs is 2. The number of rotatable bonds is 4. The maximum absolute atomic E-state index is 12.4. The first-order valence-corrected chi connectivity index (χ1v) is 9.77. The van der Waals surface area contributed by atoms with Gasteiger partial charge in [-0.1, -0.05) is 11.3 Å². The van der Waals surface area contributed by atoms with Gasteiger partial charge in [-0.3, -0.25) is 4.79 Å². The van der Waals surface area contributed by atoms with E-state index >= 15 is 0 Å². The van der Waals surface area contributed by atoms with Crippen LogP contribution in [0.25, 0.3) is 0 Å². The van der Waals surface area contributed by atoms with Crippen molar-refractivity contribution in [3.8, 4) is 0 Å². The fourth-order valence-electron chi connectivity index (χ4n) is 3.13. The summed E-state index contributed by atoms with van der Waals surface area (Å²) >= 11 is 4.66. The normalized spacial score (nSPS) is 26.5. The maximum atomic E-state index is 12.4. The van der Waals surface area contributed by atoms with Crippen molar-refractivity contribution in [1.82, 2.24) is 20.8 Å². The number of carbonyl (C=O) groups is 1. The minimum Gasteiger partial charge on any atom is -0.347 e. The Morgan fingerprint density at radius 3 is 2.95 bits per heavy atom. The first-order valence-electron chi connectivity index (χ1n) is 7.32. The molecule has 0 saturated carbocycles. The van der Waals surface area contributed by atoms with Crippen LogP contribution in [0.4, 0.5) is 0 Å². The van der Waals surface area contributed by atoms with Crippen LogP contribution in [0.15, 0.2) is 20.7 Å². The number of thiophene rings is 1. The van der Waals surface area contributed by atoms with Gasteiger partial charge in [0.25, 0.3) is 5.91 Å². The molecule has 116 valence electrons. The lowest BCUT2D eigenvalue weighted by atomic mass is 9.95. The monoisotopic (exact) mass is 352 g/mol. The number of carbonyl (C=O) groups excluding carboxylic acids is 1. The molecule has 2 aliphatic heterocycles. The summed E-state index contributed by atoms with van der Waals surface area (Å²) in [5.74, 6) is 0.0460. The molecule has 2 bridgehead atoms. The first-order chi connectivity index (χ1) is 10.7. The van der Waals surface area contributed by atoms with Crippen LogP contribution in [-0.2, 0) is 0 Å². The molecule has 4 heterocycles. The van der Waals surface area contributed by atoms with E-state index in [9.17, 15) is 4.79 Å². The van der Waals surface area contributed by atoms with Crippen LogP contribution in [0.2, 0.25) is 0 Å². The maximum Gasteiger partial charge on any atom is 0.261 e. The molecule has 2 saturated heterocycles. The Balaban J connectivity index is 1.39. The highest BCUT2D eigenvalue weighted by Gasteiger charge is 2.39. The Labute approximate surface area is 140 Å². The topological polar surface area (TPSA) is 66.9 Å². The average Bonchev–Trinajstić information content (AvgIpc) is 3.24. The van der Waals surface area contributed by atoms with Crippen molar-refractivity contribution in [3.63, 3.8) is 0 Å². The second-order valence-electron chi connectivity index (χ2n) is 5.67. The van der Waals surface area contributed by atoms with Crippen molar-refractivity contribution in [1.29, 1.82) is 0 Å². The smallest absolute Gasteiger partial charge is 0.261 e. The molecule has 0 aliphatic carbocycles. The molecular weight excluding hydrogens is 336 g/mol. The average molecular weight is 353 g/mol. The Hall–Kier alpha value is -0.960. The number of amides is 1. The summed E-state index contributed by atoms with van der Waals surface area (Å²) in [6.45, 7) is 1.94. The lowest BCUT2D eigenvalue weighted by Crippen LogP contribution is -2.42. The summed E-state index contributed by atoms with van der Waals surface area (Å²) in [6.07, 6.45) is 3.49. The Morgan fingerprint density at radius 2 is 2.27 bits per heavy atom. The van der Waals surface area contributed by atoms with Gasteiger partial charge in [0, 0.05) is 18.1 Å². The van der Waals surface area contributed by atoms with Gasteiger partial charge in [0.2, 0.25) is 0 Å². The molecule has 5 nitrogen and oxygen atoms in total. The quantitative estimate of drug-likeness (QED) is 0.885. The summed E-state index contributed by atoms with van der Waals surface area (Å²) in [5.41, 5.74) is 0. The molecule has 4 rings (SSSR count). The van der Waals surface area contributed by atoms with Crippen molar-refractivity contribution in [2.75, 3.05) is 0 Å². The predicted octanol–water partition coefficient (Wildman–Crippen LogP) is 2.68. The number of nitrogens with zero attached hydrogens (tertiary/aromatic N) is 2. The Morgan fingerprint density at radius 1 is 1.36 bits per heavy atom. The van der Waals surface area contributed by atoms with E-state index in [1.54, 1.807) is 23.1 Å². The van der Waals surface area contributed by atoms with Crippen LogP contribution in [0.3, 0.4) is 0 Å². The number of nitrogens with one attached hydrogen (secondary N) is 2. The number of aromatic nitrogens is 2. The second kappa shape index (κ2) is 5.92. The van der Waals surface area contributed by atoms with Crippen molar-refractivity contribution in [2.45, 2.75) is 52.9 Å². The molecule has 2 fully saturated rings. The lowest BCUT2D eigenvalue weighted by Gasteiger charge is -2.20. The number of hydrogen-bond donors (Lipinski definition) is 2. The minimum atomic E-state index is 0.0460. The van der Waals surface area contributed by atoms with Gasteiger partial charge in [-0.05, 0) is 50.1 Å². The van der Waals surface area contributed by atoms with Crippen LogP contribution < -0.4 is 10.6 Å². The molecule has 2 aromatic heterocycles. The summed E-state index contributed by atoms with van der Waals surface area (Å²) in [5, 5.41) is 15.8. The third-order valence-electron chi connectivity index (χ3n) is 4.12. The molecule has 22 heavy (non-hydrogen) atoms. The fourth-order valence-corrected chi connectivity index (χ4v) is 6.20. The molecule has 0 spiro atoms. The van der Waals surface area contributed by atoms with Crippen LogP contribution in [-0.4, -0.2) is 34.2 Å². The molecule has 8 heteroatoms. The molecular formula is C14H16N4OS3. The summed E-state index contributed by atoms with van der Waals surface area (Å²) in [7, 11) is 0. The molecule has 2 aromatic rings. The van der Waals surface area contributed by atoms with Gasteiger partial charge in [0.05, 0.1) is 9.09 Å². The highest BCUT2D eigenvalue weighted by Crippen LogP contribution is 2.35. The molecule has 2 aliphatic rings. The van der Waals surface area contributed by atoms with Crippen LogP contribution >= 0.6 is 34.4 Å². The van der Waals surface area contributed by atoms with Gasteiger partial charge < -0.3 is 10.6 Å². The second-order valence-corrected chi connectivity index (χ2v) is 9.48. The zero-order chi connectivity index (χ0) is 15.1. The van der Waals surface area contributed by atoms with Gasteiger partial charge in [-0.25, -0.2) is 0 Å². The van der Waals surface area contributed by atoms with E-state index in [-0.39, 0.29) is 11.9 Å². The van der Waals surface area contributed by atoms with Gasteiger partial charge in [0.1, 0.15) is 5.01 Å². The van der Waals surface area contributed by atoms with E-state index in [1.807, 2.05) is 19.1 Å². The lowest BCUT2D eigenvalue weighted by molar-refractivity contribution is 0.0935. The van der Waals surface area contributed by atoms with Gasteiger partial charge in [0.15, 0.2) is 4.34 Å². The van der Waals surface area contributed by atoms with E-state index in [2.05, 4.69) is 20.8 Å². The van der Waals surface area contributed by atoms with E-state index in [1.165, 1.54) is 24.2 Å². The van der Waals surface area contributed by atoms with Crippen LogP contribution in [0, 0.1) is 6.92 Å². The number of aryl methyl sites for hydroxylation is 1. The molecule has 2 N–H and O–H groups in total. The third kappa shape index (κ3) is 2.92. The van der Waals surface area contributed by atoms with E-state index in [4.69, 9.17) is 0 Å². The fraction of sp³-hybridized carbons (Fsp3) is 0.500. The van der Waals surface area contributed by atoms with Crippen molar-refractivity contribution >= 4 is 40.3 Å². The largest absolute Gasteiger partial charge is 0.347 e. The number of hydrogen-bond acceptors (Lipinski definition) is 7. The van der Waals surface area contributed by atoms with Crippen molar-refractivity contribution in [3.05, 3.63) is 22.0 Å². The summed E-state index contributed by atoms with van der Waals surface area (Å²) < 4.78 is 2.00. The zero-order valence-electron chi connectivity index (χ0n) is 12.0. The highest BCUT2D eigenvalue weighted by atomic mass is 32.2. The zero-order valence-corrected chi connectivity index (χ0v) is 14.5. The molecule has 3 atom stereocenters. The Bertz CT molecular complexity index is 698. The summed E-state index contributed by atoms with van der Waals surface area (Å²) in [6, 6.07) is 5.24. The predicted molar refractivity (Wildman–Crippen MR) is 88.9 cm³/mol. The van der Waals surface area contributed by atoms with E-state index in [0.717, 1.165) is 24.9 Å². The van der Waals surface area contributed by atoms with Crippen molar-refractivity contribution < 1.29 is 4.79 Å². The molecule has 1 amide bonds. The highest BCUT2D eigenvalue weighted by molar-refractivity contribution is 8.02. The van der Waals surface area contributed by atoms with Gasteiger partial charge >= 0.3 is 0 Å². The SMILES string of the molecule is Cc1nnc(Sc2ccc(C(=O)N[C@@H]3C[C@H]4CC[C@@H]3N4)s2)s1. The first kappa shape index (κ1) is 14.6. The molecule has 0 aromatic carbocycles. The van der Waals surface area contributed by atoms with Crippen LogP contribution in [0.5, 0.6) is 0 Å². The van der Waals surface area contributed by atoms with Gasteiger partial charge in [-0.15, -0.1) is 21.5 Å². The molecule has 0 radical (unpaired) electrons. The Kier molecular flexibility index (Phi) is 3.93. The molecule has 0 unspecified atom stereocenters. The minimum absolute atomic E-state index is 0.0460. The standard InChI is InChI=1S/C14H16N4OS3/c1-7-17-18-14(20-7)22-12-5-4-11(21-12)13(19)16-10-6-8-2-3-9(10)15-8/h4-5,8-10,15H,2-3,6H2,1H3,(H,16,19)/t8-,9+,10-/m1/s1.